The van der Waals surface area contributed by atoms with E-state index in [0.29, 0.717) is 44.8 Å². The summed E-state index contributed by atoms with van der Waals surface area (Å²) >= 11 is 0. The molecular formula is C28H33N3O4. The van der Waals surface area contributed by atoms with Gasteiger partial charge in [-0.2, -0.15) is 0 Å². The van der Waals surface area contributed by atoms with Crippen molar-refractivity contribution >= 4 is 11.8 Å². The Hall–Kier alpha value is -3.58. The molecule has 0 unspecified atom stereocenters. The van der Waals surface area contributed by atoms with Gasteiger partial charge in [0.05, 0.1) is 13.2 Å². The molecule has 35 heavy (non-hydrogen) atoms. The van der Waals surface area contributed by atoms with Crippen LogP contribution >= 0.6 is 0 Å². The van der Waals surface area contributed by atoms with Crippen LogP contribution in [0.15, 0.2) is 71.1 Å². The summed E-state index contributed by atoms with van der Waals surface area (Å²) in [4.78, 5) is 28.4. The fourth-order valence-electron chi connectivity index (χ4n) is 4.45. The Balaban J connectivity index is 1.43. The van der Waals surface area contributed by atoms with Gasteiger partial charge in [0.25, 0.3) is 5.91 Å². The number of carbonyl (C=O) groups excluding carboxylic acids is 2. The predicted molar refractivity (Wildman–Crippen MR) is 134 cm³/mol. The van der Waals surface area contributed by atoms with E-state index in [-0.39, 0.29) is 17.7 Å². The molecule has 2 heterocycles. The van der Waals surface area contributed by atoms with Gasteiger partial charge in [-0.25, -0.2) is 0 Å². The molecule has 7 nitrogen and oxygen atoms in total. The molecule has 0 aliphatic carbocycles. The Bertz CT molecular complexity index is 1100. The maximum absolute atomic E-state index is 12.9. The number of piperidine rings is 1. The third kappa shape index (κ3) is 6.73. The van der Waals surface area contributed by atoms with Crippen molar-refractivity contribution in [1.82, 2.24) is 9.80 Å². The first-order chi connectivity index (χ1) is 17.0. The van der Waals surface area contributed by atoms with Crippen LogP contribution in [0.3, 0.4) is 0 Å². The van der Waals surface area contributed by atoms with Crippen LogP contribution in [0.25, 0.3) is 0 Å². The van der Waals surface area contributed by atoms with Crippen molar-refractivity contribution in [3.8, 4) is 5.75 Å². The Morgan fingerprint density at radius 2 is 1.60 bits per heavy atom. The summed E-state index contributed by atoms with van der Waals surface area (Å²) in [6.07, 6.45) is 1.20. The molecule has 1 aliphatic heterocycles. The molecule has 0 atom stereocenters. The third-order valence-electron chi connectivity index (χ3n) is 6.33. The van der Waals surface area contributed by atoms with Gasteiger partial charge in [-0.3, -0.25) is 14.5 Å². The number of hydrogen-bond donors (Lipinski definition) is 1. The molecule has 0 saturated carbocycles. The maximum Gasteiger partial charge on any atom is 0.289 e. The number of hydrogen-bond acceptors (Lipinski definition) is 5. The molecule has 2 aromatic carbocycles. The minimum Gasteiger partial charge on any atom is -0.494 e. The smallest absolute Gasteiger partial charge is 0.289 e. The zero-order valence-corrected chi connectivity index (χ0v) is 20.2. The van der Waals surface area contributed by atoms with E-state index in [4.69, 9.17) is 14.9 Å². The number of nitrogens with two attached hydrogens (primary N) is 1. The molecule has 3 aromatic rings. The highest BCUT2D eigenvalue weighted by molar-refractivity contribution is 5.91. The molecular weight excluding hydrogens is 442 g/mol. The summed E-state index contributed by atoms with van der Waals surface area (Å²) in [6, 6.07) is 22.1. The van der Waals surface area contributed by atoms with Gasteiger partial charge in [0.2, 0.25) is 5.91 Å². The summed E-state index contributed by atoms with van der Waals surface area (Å²) in [5, 5.41) is 0. The van der Waals surface area contributed by atoms with E-state index in [9.17, 15) is 9.59 Å². The van der Waals surface area contributed by atoms with Gasteiger partial charge in [0.1, 0.15) is 11.5 Å². The van der Waals surface area contributed by atoms with Crippen molar-refractivity contribution in [3.63, 3.8) is 0 Å². The number of ether oxygens (including phenoxy) is 1. The second-order valence-corrected chi connectivity index (χ2v) is 8.94. The average Bonchev–Trinajstić information content (AvgIpc) is 3.34. The van der Waals surface area contributed by atoms with Gasteiger partial charge in [-0.05, 0) is 55.2 Å². The lowest BCUT2D eigenvalue weighted by Crippen LogP contribution is -2.41. The second-order valence-electron chi connectivity index (χ2n) is 8.94. The lowest BCUT2D eigenvalue weighted by Gasteiger charge is -2.29. The van der Waals surface area contributed by atoms with Crippen LogP contribution in [0.2, 0.25) is 0 Å². The van der Waals surface area contributed by atoms with Gasteiger partial charge in [0, 0.05) is 32.1 Å². The Kier molecular flexibility index (Phi) is 8.21. The van der Waals surface area contributed by atoms with E-state index in [1.807, 2.05) is 43.3 Å². The first kappa shape index (κ1) is 24.5. The molecule has 2 amide bonds. The molecule has 1 fully saturated rings. The van der Waals surface area contributed by atoms with Gasteiger partial charge >= 0.3 is 0 Å². The number of amides is 2. The zero-order chi connectivity index (χ0) is 24.6. The van der Waals surface area contributed by atoms with Crippen molar-refractivity contribution in [2.24, 2.45) is 11.7 Å². The standard InChI is InChI=1S/C28H33N3O4/c1-2-34-24-10-8-22(9-11-24)19-30(18-21-6-4-3-5-7-21)20-25-12-13-26(35-25)28(33)31-16-14-23(15-17-31)27(29)32/h3-13,23H,2,14-20H2,1H3,(H2,29,32). The molecule has 2 N–H and O–H groups in total. The number of likely N-dealkylation sites (tertiary alicyclic amines) is 1. The van der Waals surface area contributed by atoms with Gasteiger partial charge in [-0.1, -0.05) is 42.5 Å². The number of furan rings is 1. The number of carbonyl (C=O) groups is 2. The SMILES string of the molecule is CCOc1ccc(CN(Cc2ccccc2)Cc2ccc(C(=O)N3CCC(C(N)=O)CC3)o2)cc1. The van der Waals surface area contributed by atoms with Crippen molar-refractivity contribution < 1.29 is 18.7 Å². The van der Waals surface area contributed by atoms with E-state index in [2.05, 4.69) is 29.2 Å². The molecule has 4 rings (SSSR count). The topological polar surface area (TPSA) is 89.0 Å². The van der Waals surface area contributed by atoms with Crippen LogP contribution in [0, 0.1) is 5.92 Å². The molecule has 0 spiro atoms. The van der Waals surface area contributed by atoms with Crippen molar-refractivity contribution in [2.45, 2.75) is 39.4 Å². The third-order valence-corrected chi connectivity index (χ3v) is 6.33. The van der Waals surface area contributed by atoms with E-state index >= 15 is 0 Å². The van der Waals surface area contributed by atoms with Crippen LogP contribution in [0.4, 0.5) is 0 Å². The lowest BCUT2D eigenvalue weighted by atomic mass is 9.96. The number of nitrogens with zero attached hydrogens (tertiary/aromatic N) is 2. The largest absolute Gasteiger partial charge is 0.494 e. The van der Waals surface area contributed by atoms with Crippen molar-refractivity contribution in [1.29, 1.82) is 0 Å². The average molecular weight is 476 g/mol. The molecule has 1 saturated heterocycles. The predicted octanol–water partition coefficient (Wildman–Crippen LogP) is 4.22. The number of rotatable bonds is 10. The first-order valence-electron chi connectivity index (χ1n) is 12.2. The highest BCUT2D eigenvalue weighted by atomic mass is 16.5. The highest BCUT2D eigenvalue weighted by Crippen LogP contribution is 2.22. The molecule has 7 heteroatoms. The summed E-state index contributed by atoms with van der Waals surface area (Å²) in [5.41, 5.74) is 7.79. The molecule has 184 valence electrons. The van der Waals surface area contributed by atoms with Crippen LogP contribution in [0.1, 0.15) is 47.2 Å². The minimum absolute atomic E-state index is 0.139. The van der Waals surface area contributed by atoms with Crippen LogP contribution in [0.5, 0.6) is 5.75 Å². The summed E-state index contributed by atoms with van der Waals surface area (Å²) in [5.74, 6) is 1.35. The van der Waals surface area contributed by atoms with Crippen LogP contribution in [-0.2, 0) is 24.4 Å². The van der Waals surface area contributed by atoms with Crippen LogP contribution in [-0.4, -0.2) is 41.3 Å². The highest BCUT2D eigenvalue weighted by Gasteiger charge is 2.28. The molecule has 0 radical (unpaired) electrons. The molecule has 1 aliphatic rings. The van der Waals surface area contributed by atoms with Crippen molar-refractivity contribution in [3.05, 3.63) is 89.4 Å². The quantitative estimate of drug-likeness (QED) is 0.474. The second kappa shape index (κ2) is 11.7. The molecule has 0 bridgehead atoms. The van der Waals surface area contributed by atoms with E-state index in [1.165, 1.54) is 11.1 Å². The fourth-order valence-corrected chi connectivity index (χ4v) is 4.45. The summed E-state index contributed by atoms with van der Waals surface area (Å²) < 4.78 is 11.5. The summed E-state index contributed by atoms with van der Waals surface area (Å²) in [7, 11) is 0. The number of benzene rings is 2. The Morgan fingerprint density at radius 3 is 2.23 bits per heavy atom. The minimum atomic E-state index is -0.288. The molecule has 1 aromatic heterocycles. The van der Waals surface area contributed by atoms with Crippen LogP contribution < -0.4 is 10.5 Å². The fraction of sp³-hybridized carbons (Fsp3) is 0.357. The normalized spacial score (nSPS) is 14.3. The maximum atomic E-state index is 12.9. The Morgan fingerprint density at radius 1 is 0.943 bits per heavy atom. The zero-order valence-electron chi connectivity index (χ0n) is 20.2. The van der Waals surface area contributed by atoms with E-state index < -0.39 is 0 Å². The first-order valence-corrected chi connectivity index (χ1v) is 12.2. The van der Waals surface area contributed by atoms with E-state index in [1.54, 1.807) is 11.0 Å². The van der Waals surface area contributed by atoms with Gasteiger partial charge in [-0.15, -0.1) is 0 Å². The van der Waals surface area contributed by atoms with E-state index in [0.717, 1.165) is 24.6 Å². The van der Waals surface area contributed by atoms with Gasteiger partial charge in [0.15, 0.2) is 5.76 Å². The summed E-state index contributed by atoms with van der Waals surface area (Å²) in [6.45, 7) is 5.69. The van der Waals surface area contributed by atoms with Gasteiger partial charge < -0.3 is 19.8 Å². The monoisotopic (exact) mass is 475 g/mol. The lowest BCUT2D eigenvalue weighted by molar-refractivity contribution is -0.123. The Labute approximate surface area is 206 Å². The van der Waals surface area contributed by atoms with Crippen molar-refractivity contribution in [2.75, 3.05) is 19.7 Å². The number of primary amides is 1.